The number of rotatable bonds is 4. The molecular weight excluding hydrogens is 374 g/mol. The fraction of sp³-hybridized carbons (Fsp3) is 0.471. The molecule has 0 saturated carbocycles. The van der Waals surface area contributed by atoms with Gasteiger partial charge >= 0.3 is 0 Å². The molecule has 1 saturated heterocycles. The second-order valence-corrected chi connectivity index (χ2v) is 8.63. The van der Waals surface area contributed by atoms with Gasteiger partial charge in [-0.1, -0.05) is 35.3 Å². The molecule has 1 aromatic heterocycles. The summed E-state index contributed by atoms with van der Waals surface area (Å²) in [6, 6.07) is 6.14. The van der Waals surface area contributed by atoms with Gasteiger partial charge in [0.1, 0.15) is 10.1 Å². The zero-order chi connectivity index (χ0) is 17.8. The van der Waals surface area contributed by atoms with Gasteiger partial charge in [-0.15, -0.1) is 0 Å². The number of ether oxygens (including phenoxy) is 1. The molecule has 2 aromatic rings. The summed E-state index contributed by atoms with van der Waals surface area (Å²) < 4.78 is 7.02. The fourth-order valence-electron chi connectivity index (χ4n) is 2.82. The van der Waals surface area contributed by atoms with Crippen LogP contribution in [0.25, 0.3) is 10.2 Å². The molecule has 1 amide bonds. The fourth-order valence-corrected chi connectivity index (χ4v) is 4.94. The van der Waals surface area contributed by atoms with Crippen molar-refractivity contribution in [2.24, 2.45) is 0 Å². The summed E-state index contributed by atoms with van der Waals surface area (Å²) in [5.74, 6) is 1.01. The summed E-state index contributed by atoms with van der Waals surface area (Å²) in [4.78, 5) is 18.9. The molecule has 1 N–H and O–H groups in total. The van der Waals surface area contributed by atoms with E-state index < -0.39 is 0 Å². The molecule has 0 spiro atoms. The molecule has 1 atom stereocenters. The van der Waals surface area contributed by atoms with Crippen LogP contribution in [-0.2, 0) is 4.79 Å². The molecule has 5 nitrogen and oxygen atoms in total. The standard InChI is InChI=1S/C17H21N3O2S3/c1-11-5-3-4-8-20(11)17(23)24-10-15(21)19-16-18-13-7-6-12(22-2)9-14(13)25-16/h6-7,9,11H,3-5,8,10H2,1-2H3,(H,18,19,21)/t11-/m0/s1. The largest absolute Gasteiger partial charge is 0.497 e. The highest BCUT2D eigenvalue weighted by molar-refractivity contribution is 8.23. The van der Waals surface area contributed by atoms with Crippen LogP contribution in [0.3, 0.4) is 0 Å². The molecule has 1 aliphatic heterocycles. The first-order chi connectivity index (χ1) is 12.1. The number of piperidine rings is 1. The molecular formula is C17H21N3O2S3. The predicted octanol–water partition coefficient (Wildman–Crippen LogP) is 4.14. The average Bonchev–Trinajstić information content (AvgIpc) is 3.01. The highest BCUT2D eigenvalue weighted by Crippen LogP contribution is 2.29. The van der Waals surface area contributed by atoms with Crippen LogP contribution in [0.2, 0.25) is 0 Å². The monoisotopic (exact) mass is 395 g/mol. The lowest BCUT2D eigenvalue weighted by molar-refractivity contribution is -0.113. The Morgan fingerprint density at radius 3 is 3.12 bits per heavy atom. The Kier molecular flexibility index (Phi) is 6.14. The van der Waals surface area contributed by atoms with E-state index in [9.17, 15) is 4.79 Å². The Morgan fingerprint density at radius 1 is 1.52 bits per heavy atom. The lowest BCUT2D eigenvalue weighted by atomic mass is 10.1. The van der Waals surface area contributed by atoms with E-state index in [-0.39, 0.29) is 5.91 Å². The summed E-state index contributed by atoms with van der Waals surface area (Å²) in [6.07, 6.45) is 3.60. The molecule has 8 heteroatoms. The average molecular weight is 396 g/mol. The minimum absolute atomic E-state index is 0.0805. The third kappa shape index (κ3) is 4.62. The van der Waals surface area contributed by atoms with Gasteiger partial charge in [-0.05, 0) is 44.4 Å². The van der Waals surface area contributed by atoms with Gasteiger partial charge in [0.05, 0.1) is 23.1 Å². The zero-order valence-corrected chi connectivity index (χ0v) is 16.7. The Morgan fingerprint density at radius 2 is 2.36 bits per heavy atom. The highest BCUT2D eigenvalue weighted by atomic mass is 32.2. The van der Waals surface area contributed by atoms with Gasteiger partial charge in [0.15, 0.2) is 5.13 Å². The number of carbonyl (C=O) groups excluding carboxylic acids is 1. The predicted molar refractivity (Wildman–Crippen MR) is 110 cm³/mol. The molecule has 134 valence electrons. The number of fused-ring (bicyclic) bond motifs is 1. The number of methoxy groups -OCH3 is 1. The maximum atomic E-state index is 12.2. The van der Waals surface area contributed by atoms with Crippen molar-refractivity contribution in [1.29, 1.82) is 0 Å². The van der Waals surface area contributed by atoms with Gasteiger partial charge in [0.25, 0.3) is 0 Å². The molecule has 0 radical (unpaired) electrons. The molecule has 25 heavy (non-hydrogen) atoms. The number of carbonyl (C=O) groups is 1. The number of thioether (sulfide) groups is 1. The minimum atomic E-state index is -0.0805. The molecule has 1 fully saturated rings. The van der Waals surface area contributed by atoms with Crippen molar-refractivity contribution in [1.82, 2.24) is 9.88 Å². The maximum absolute atomic E-state index is 12.2. The molecule has 1 aromatic carbocycles. The van der Waals surface area contributed by atoms with E-state index in [1.807, 2.05) is 18.2 Å². The second kappa shape index (κ2) is 8.33. The second-order valence-electron chi connectivity index (χ2n) is 5.99. The number of nitrogens with one attached hydrogen (secondary N) is 1. The number of benzene rings is 1. The van der Waals surface area contributed by atoms with Crippen molar-refractivity contribution in [3.05, 3.63) is 18.2 Å². The van der Waals surface area contributed by atoms with Gasteiger partial charge in [-0.2, -0.15) is 0 Å². The minimum Gasteiger partial charge on any atom is -0.497 e. The number of hydrogen-bond acceptors (Lipinski definition) is 6. The molecule has 0 unspecified atom stereocenters. The van der Waals surface area contributed by atoms with E-state index in [1.165, 1.54) is 42.4 Å². The lowest BCUT2D eigenvalue weighted by Crippen LogP contribution is -2.40. The number of thiazole rings is 1. The van der Waals surface area contributed by atoms with E-state index in [2.05, 4.69) is 22.1 Å². The van der Waals surface area contributed by atoms with Gasteiger partial charge in [0.2, 0.25) is 5.91 Å². The Balaban J connectivity index is 1.54. The Bertz CT molecular complexity index is 778. The molecule has 3 rings (SSSR count). The zero-order valence-electron chi connectivity index (χ0n) is 14.3. The van der Waals surface area contributed by atoms with Crippen molar-refractivity contribution in [2.45, 2.75) is 32.2 Å². The van der Waals surface area contributed by atoms with E-state index in [4.69, 9.17) is 17.0 Å². The third-order valence-corrected chi connectivity index (χ3v) is 6.62. The Labute approximate surface area is 161 Å². The third-order valence-electron chi connectivity index (χ3n) is 4.21. The summed E-state index contributed by atoms with van der Waals surface area (Å²) in [5.41, 5.74) is 0.853. The molecule has 0 bridgehead atoms. The van der Waals surface area contributed by atoms with Crippen LogP contribution in [0.4, 0.5) is 5.13 Å². The number of hydrogen-bond donors (Lipinski definition) is 1. The molecule has 2 heterocycles. The number of aromatic nitrogens is 1. The molecule has 0 aliphatic carbocycles. The SMILES string of the molecule is COc1ccc2nc(NC(=O)CSC(=S)N3CCCC[C@@H]3C)sc2c1. The summed E-state index contributed by atoms with van der Waals surface area (Å²) >= 11 is 8.37. The van der Waals surface area contributed by atoms with E-state index in [0.717, 1.165) is 26.8 Å². The number of amides is 1. The first kappa shape index (κ1) is 18.4. The number of anilines is 1. The lowest BCUT2D eigenvalue weighted by Gasteiger charge is -2.34. The molecule has 1 aliphatic rings. The summed E-state index contributed by atoms with van der Waals surface area (Å²) in [6.45, 7) is 3.19. The van der Waals surface area contributed by atoms with Crippen LogP contribution in [0.5, 0.6) is 5.75 Å². The van der Waals surface area contributed by atoms with Crippen LogP contribution in [-0.4, -0.2) is 45.6 Å². The van der Waals surface area contributed by atoms with Crippen LogP contribution in [0.1, 0.15) is 26.2 Å². The quantitative estimate of drug-likeness (QED) is 0.786. The first-order valence-electron chi connectivity index (χ1n) is 8.24. The van der Waals surface area contributed by atoms with Gasteiger partial charge in [0, 0.05) is 12.6 Å². The van der Waals surface area contributed by atoms with Crippen LogP contribution in [0.15, 0.2) is 18.2 Å². The van der Waals surface area contributed by atoms with Crippen molar-refractivity contribution < 1.29 is 9.53 Å². The summed E-state index contributed by atoms with van der Waals surface area (Å²) in [5, 5.41) is 3.47. The normalized spacial score (nSPS) is 17.5. The number of nitrogens with zero attached hydrogens (tertiary/aromatic N) is 2. The number of likely N-dealkylation sites (tertiary alicyclic amines) is 1. The van der Waals surface area contributed by atoms with Crippen molar-refractivity contribution in [3.63, 3.8) is 0 Å². The van der Waals surface area contributed by atoms with Crippen molar-refractivity contribution in [2.75, 3.05) is 24.7 Å². The maximum Gasteiger partial charge on any atom is 0.236 e. The Hall–Kier alpha value is -1.38. The van der Waals surface area contributed by atoms with E-state index in [0.29, 0.717) is 16.9 Å². The van der Waals surface area contributed by atoms with E-state index in [1.54, 1.807) is 7.11 Å². The first-order valence-corrected chi connectivity index (χ1v) is 10.5. The van der Waals surface area contributed by atoms with Crippen molar-refractivity contribution in [3.8, 4) is 5.75 Å². The smallest absolute Gasteiger partial charge is 0.236 e. The summed E-state index contributed by atoms with van der Waals surface area (Å²) in [7, 11) is 1.63. The van der Waals surface area contributed by atoms with Crippen LogP contribution < -0.4 is 10.1 Å². The van der Waals surface area contributed by atoms with Crippen molar-refractivity contribution >= 4 is 60.9 Å². The van der Waals surface area contributed by atoms with Gasteiger partial charge < -0.3 is 15.0 Å². The van der Waals surface area contributed by atoms with Crippen LogP contribution >= 0.6 is 35.3 Å². The van der Waals surface area contributed by atoms with E-state index >= 15 is 0 Å². The highest BCUT2D eigenvalue weighted by Gasteiger charge is 2.21. The number of thiocarbonyl (C=S) groups is 1. The topological polar surface area (TPSA) is 54.5 Å². The van der Waals surface area contributed by atoms with Gasteiger partial charge in [-0.25, -0.2) is 4.98 Å². The van der Waals surface area contributed by atoms with Gasteiger partial charge in [-0.3, -0.25) is 4.79 Å². The van der Waals surface area contributed by atoms with Crippen LogP contribution in [0, 0.1) is 0 Å².